The minimum atomic E-state index is -0.591. The Labute approximate surface area is 152 Å². The van der Waals surface area contributed by atoms with E-state index in [4.69, 9.17) is 25.8 Å². The van der Waals surface area contributed by atoms with Gasteiger partial charge in [-0.2, -0.15) is 0 Å². The molecule has 0 saturated heterocycles. The topological polar surface area (TPSA) is 56.8 Å². The Kier molecular flexibility index (Phi) is 6.95. The fourth-order valence-corrected chi connectivity index (χ4v) is 2.41. The van der Waals surface area contributed by atoms with Gasteiger partial charge in [0.1, 0.15) is 5.75 Å². The molecule has 25 heavy (non-hydrogen) atoms. The molecule has 6 heteroatoms. The Balaban J connectivity index is 1.82. The summed E-state index contributed by atoms with van der Waals surface area (Å²) in [5, 5.41) is 3.49. The smallest absolute Gasteiger partial charge is 0.260 e. The summed E-state index contributed by atoms with van der Waals surface area (Å²) in [5.41, 5.74) is 1.05. The van der Waals surface area contributed by atoms with E-state index in [2.05, 4.69) is 5.32 Å². The van der Waals surface area contributed by atoms with Crippen molar-refractivity contribution in [2.45, 2.75) is 19.4 Å². The highest BCUT2D eigenvalue weighted by Gasteiger charge is 2.14. The number of halogens is 1. The van der Waals surface area contributed by atoms with Gasteiger partial charge in [0.25, 0.3) is 5.91 Å². The monoisotopic (exact) mass is 363 g/mol. The van der Waals surface area contributed by atoms with Gasteiger partial charge in [0.15, 0.2) is 17.6 Å². The zero-order valence-electron chi connectivity index (χ0n) is 14.5. The van der Waals surface area contributed by atoms with E-state index >= 15 is 0 Å². The maximum Gasteiger partial charge on any atom is 0.260 e. The van der Waals surface area contributed by atoms with E-state index in [1.165, 1.54) is 0 Å². The minimum absolute atomic E-state index is 0.171. The zero-order chi connectivity index (χ0) is 18.2. The maximum absolute atomic E-state index is 12.1. The first kappa shape index (κ1) is 18.9. The number of hydrogen-bond acceptors (Lipinski definition) is 4. The normalized spacial score (nSPS) is 11.5. The average molecular weight is 364 g/mol. The second kappa shape index (κ2) is 9.18. The molecule has 0 spiro atoms. The molecule has 134 valence electrons. The van der Waals surface area contributed by atoms with Gasteiger partial charge in [-0.25, -0.2) is 0 Å². The molecule has 1 N–H and O–H groups in total. The van der Waals surface area contributed by atoms with Gasteiger partial charge in [0.05, 0.1) is 14.2 Å². The van der Waals surface area contributed by atoms with Crippen LogP contribution in [0, 0.1) is 0 Å². The van der Waals surface area contributed by atoms with Crippen molar-refractivity contribution in [1.29, 1.82) is 0 Å². The lowest BCUT2D eigenvalue weighted by Gasteiger charge is -2.15. The molecule has 2 rings (SSSR count). The van der Waals surface area contributed by atoms with Crippen molar-refractivity contribution in [2.24, 2.45) is 0 Å². The first-order valence-electron chi connectivity index (χ1n) is 7.94. The van der Waals surface area contributed by atoms with E-state index in [-0.39, 0.29) is 5.91 Å². The zero-order valence-corrected chi connectivity index (χ0v) is 15.3. The summed E-state index contributed by atoms with van der Waals surface area (Å²) in [5.74, 6) is 1.79. The molecule has 1 amide bonds. The van der Waals surface area contributed by atoms with Crippen LogP contribution in [-0.2, 0) is 11.2 Å². The quantitative estimate of drug-likeness (QED) is 0.780. The molecule has 0 bridgehead atoms. The lowest BCUT2D eigenvalue weighted by atomic mass is 10.1. The van der Waals surface area contributed by atoms with Crippen molar-refractivity contribution < 1.29 is 19.0 Å². The molecular formula is C19H22ClNO4. The fourth-order valence-electron chi connectivity index (χ4n) is 2.28. The number of ether oxygens (including phenoxy) is 3. The summed E-state index contributed by atoms with van der Waals surface area (Å²) in [6.07, 6.45) is 0.0892. The summed E-state index contributed by atoms with van der Waals surface area (Å²) in [6, 6.07) is 12.6. The van der Waals surface area contributed by atoms with Crippen LogP contribution in [0.1, 0.15) is 12.5 Å². The maximum atomic E-state index is 12.1. The fraction of sp³-hybridized carbons (Fsp3) is 0.316. The summed E-state index contributed by atoms with van der Waals surface area (Å²) in [4.78, 5) is 12.1. The SMILES string of the molecule is COc1ccc(CCNC(=O)[C@H](C)Oc2ccc(Cl)cc2)cc1OC. The van der Waals surface area contributed by atoms with Gasteiger partial charge in [0, 0.05) is 11.6 Å². The number of benzene rings is 2. The lowest BCUT2D eigenvalue weighted by molar-refractivity contribution is -0.127. The number of carbonyl (C=O) groups excluding carboxylic acids is 1. The average Bonchev–Trinajstić information content (AvgIpc) is 2.63. The van der Waals surface area contributed by atoms with Crippen LogP contribution in [0.25, 0.3) is 0 Å². The van der Waals surface area contributed by atoms with Crippen LogP contribution in [0.2, 0.25) is 5.02 Å². The second-order valence-electron chi connectivity index (χ2n) is 5.44. The molecule has 0 aliphatic carbocycles. The van der Waals surface area contributed by atoms with Crippen LogP contribution >= 0.6 is 11.6 Å². The van der Waals surface area contributed by atoms with Crippen LogP contribution < -0.4 is 19.5 Å². The van der Waals surface area contributed by atoms with E-state index in [0.717, 1.165) is 5.56 Å². The van der Waals surface area contributed by atoms with Crippen LogP contribution in [0.4, 0.5) is 0 Å². The molecule has 2 aromatic rings. The Bertz CT molecular complexity index is 703. The predicted octanol–water partition coefficient (Wildman–Crippen LogP) is 3.48. The molecule has 0 aliphatic rings. The molecular weight excluding hydrogens is 342 g/mol. The molecule has 0 aliphatic heterocycles. The largest absolute Gasteiger partial charge is 0.493 e. The third-order valence-corrected chi connectivity index (χ3v) is 3.91. The van der Waals surface area contributed by atoms with Gasteiger partial charge in [-0.15, -0.1) is 0 Å². The van der Waals surface area contributed by atoms with Gasteiger partial charge < -0.3 is 19.5 Å². The van der Waals surface area contributed by atoms with Crippen molar-refractivity contribution in [2.75, 3.05) is 20.8 Å². The van der Waals surface area contributed by atoms with E-state index < -0.39 is 6.10 Å². The summed E-state index contributed by atoms with van der Waals surface area (Å²) >= 11 is 5.83. The van der Waals surface area contributed by atoms with E-state index in [9.17, 15) is 4.79 Å². The number of hydrogen-bond donors (Lipinski definition) is 1. The molecule has 0 heterocycles. The number of nitrogens with one attached hydrogen (secondary N) is 1. The van der Waals surface area contributed by atoms with E-state index in [0.29, 0.717) is 35.2 Å². The molecule has 5 nitrogen and oxygen atoms in total. The number of amides is 1. The van der Waals surface area contributed by atoms with Gasteiger partial charge in [-0.1, -0.05) is 17.7 Å². The van der Waals surface area contributed by atoms with Gasteiger partial charge >= 0.3 is 0 Å². The Hall–Kier alpha value is -2.40. The lowest BCUT2D eigenvalue weighted by Crippen LogP contribution is -2.37. The van der Waals surface area contributed by atoms with Crippen molar-refractivity contribution >= 4 is 17.5 Å². The molecule has 0 unspecified atom stereocenters. The van der Waals surface area contributed by atoms with Crippen molar-refractivity contribution in [3.05, 3.63) is 53.1 Å². The number of methoxy groups -OCH3 is 2. The van der Waals surface area contributed by atoms with Crippen molar-refractivity contribution in [3.8, 4) is 17.2 Å². The van der Waals surface area contributed by atoms with Gasteiger partial charge in [0.2, 0.25) is 0 Å². The van der Waals surface area contributed by atoms with E-state index in [1.807, 2.05) is 18.2 Å². The standard InChI is InChI=1S/C19H22ClNO4/c1-13(25-16-7-5-15(20)6-8-16)19(22)21-11-10-14-4-9-17(23-2)18(12-14)24-3/h4-9,12-13H,10-11H2,1-3H3,(H,21,22)/t13-/m0/s1. The van der Waals surface area contributed by atoms with E-state index in [1.54, 1.807) is 45.4 Å². The molecule has 2 aromatic carbocycles. The van der Waals surface area contributed by atoms with Crippen LogP contribution in [-0.4, -0.2) is 32.8 Å². The molecule has 0 fully saturated rings. The van der Waals surface area contributed by atoms with Crippen LogP contribution in [0.3, 0.4) is 0 Å². The highest BCUT2D eigenvalue weighted by atomic mass is 35.5. The third kappa shape index (κ3) is 5.57. The van der Waals surface area contributed by atoms with Crippen molar-refractivity contribution in [3.63, 3.8) is 0 Å². The Morgan fingerprint density at radius 1 is 1.08 bits per heavy atom. The first-order valence-corrected chi connectivity index (χ1v) is 8.32. The molecule has 1 atom stereocenters. The van der Waals surface area contributed by atoms with Gasteiger partial charge in [-0.3, -0.25) is 4.79 Å². The van der Waals surface area contributed by atoms with Gasteiger partial charge in [-0.05, 0) is 55.3 Å². The summed E-state index contributed by atoms with van der Waals surface area (Å²) < 4.78 is 16.1. The number of carbonyl (C=O) groups is 1. The molecule has 0 aromatic heterocycles. The molecule has 0 radical (unpaired) electrons. The minimum Gasteiger partial charge on any atom is -0.493 e. The second-order valence-corrected chi connectivity index (χ2v) is 5.88. The van der Waals surface area contributed by atoms with Crippen LogP contribution in [0.5, 0.6) is 17.2 Å². The Morgan fingerprint density at radius 2 is 1.76 bits per heavy atom. The van der Waals surface area contributed by atoms with Crippen LogP contribution in [0.15, 0.2) is 42.5 Å². The third-order valence-electron chi connectivity index (χ3n) is 3.66. The predicted molar refractivity (Wildman–Crippen MR) is 97.8 cm³/mol. The summed E-state index contributed by atoms with van der Waals surface area (Å²) in [6.45, 7) is 2.21. The van der Waals surface area contributed by atoms with Crippen molar-refractivity contribution in [1.82, 2.24) is 5.32 Å². The highest BCUT2D eigenvalue weighted by molar-refractivity contribution is 6.30. The number of rotatable bonds is 8. The first-order chi connectivity index (χ1) is 12.0. The Morgan fingerprint density at radius 3 is 2.40 bits per heavy atom. The summed E-state index contributed by atoms with van der Waals surface area (Å²) in [7, 11) is 3.19. The highest BCUT2D eigenvalue weighted by Crippen LogP contribution is 2.27. The molecule has 0 saturated carbocycles.